The van der Waals surface area contributed by atoms with Crippen LogP contribution in [0.15, 0.2) is 36.4 Å². The van der Waals surface area contributed by atoms with Crippen molar-refractivity contribution >= 4 is 34.1 Å². The number of hydrogen-bond donors (Lipinski definition) is 2. The summed E-state index contributed by atoms with van der Waals surface area (Å²) < 4.78 is 39.4. The zero-order chi connectivity index (χ0) is 18.9. The molecule has 1 heterocycles. The normalized spacial score (nSPS) is 12.1. The second-order valence-corrected chi connectivity index (χ2v) is 6.89. The van der Waals surface area contributed by atoms with Gasteiger partial charge in [0.15, 0.2) is 0 Å². The van der Waals surface area contributed by atoms with E-state index in [1.165, 1.54) is 12.1 Å². The van der Waals surface area contributed by atoms with Crippen LogP contribution in [-0.4, -0.2) is 11.5 Å². The van der Waals surface area contributed by atoms with Crippen LogP contribution in [0.2, 0.25) is 10.0 Å². The molecule has 0 unspecified atom stereocenters. The quantitative estimate of drug-likeness (QED) is 0.475. The van der Waals surface area contributed by atoms with Crippen molar-refractivity contribution < 1.29 is 13.2 Å². The van der Waals surface area contributed by atoms with Gasteiger partial charge in [-0.15, -0.1) is 0 Å². The summed E-state index contributed by atoms with van der Waals surface area (Å²) in [6.45, 7) is 0.526. The van der Waals surface area contributed by atoms with Gasteiger partial charge >= 0.3 is 6.18 Å². The average Bonchev–Trinajstić information content (AvgIpc) is 2.92. The summed E-state index contributed by atoms with van der Waals surface area (Å²) in [5.74, 6) is 0. The molecule has 7 heteroatoms. The van der Waals surface area contributed by atoms with Crippen LogP contribution in [0.25, 0.3) is 22.2 Å². The van der Waals surface area contributed by atoms with Crippen molar-refractivity contribution in [1.29, 1.82) is 0 Å². The molecular weight excluding hydrogens is 384 g/mol. The molecule has 0 radical (unpaired) electrons. The number of fused-ring (bicyclic) bond motifs is 1. The van der Waals surface area contributed by atoms with Gasteiger partial charge in [0.1, 0.15) is 0 Å². The molecule has 0 saturated heterocycles. The van der Waals surface area contributed by atoms with E-state index in [4.69, 9.17) is 28.9 Å². The number of hydrogen-bond acceptors (Lipinski definition) is 1. The Balaban J connectivity index is 2.23. The second-order valence-electron chi connectivity index (χ2n) is 6.08. The summed E-state index contributed by atoms with van der Waals surface area (Å²) >= 11 is 12.6. The average molecular weight is 401 g/mol. The molecule has 3 N–H and O–H groups in total. The van der Waals surface area contributed by atoms with Gasteiger partial charge in [-0.25, -0.2) is 0 Å². The molecule has 0 aliphatic rings. The second kappa shape index (κ2) is 7.51. The molecule has 3 aromatic rings. The highest BCUT2D eigenvalue weighted by molar-refractivity contribution is 6.39. The third-order valence-electron chi connectivity index (χ3n) is 4.33. The van der Waals surface area contributed by atoms with Gasteiger partial charge in [-0.2, -0.15) is 13.2 Å². The first kappa shape index (κ1) is 19.1. The predicted octanol–water partition coefficient (Wildman–Crippen LogP) is 6.44. The van der Waals surface area contributed by atoms with E-state index < -0.39 is 11.7 Å². The summed E-state index contributed by atoms with van der Waals surface area (Å²) in [7, 11) is 0. The predicted molar refractivity (Wildman–Crippen MR) is 101 cm³/mol. The molecule has 0 fully saturated rings. The maximum Gasteiger partial charge on any atom is 0.416 e. The minimum Gasteiger partial charge on any atom is -0.354 e. The molecule has 0 aliphatic carbocycles. The summed E-state index contributed by atoms with van der Waals surface area (Å²) in [6.07, 6.45) is -2.28. The first-order chi connectivity index (χ1) is 12.3. The maximum absolute atomic E-state index is 13.1. The van der Waals surface area contributed by atoms with Crippen molar-refractivity contribution in [2.24, 2.45) is 5.73 Å². The molecule has 0 bridgehead atoms. The Bertz CT molecular complexity index is 912. The van der Waals surface area contributed by atoms with Gasteiger partial charge in [-0.1, -0.05) is 29.3 Å². The fraction of sp³-hybridized carbons (Fsp3) is 0.263. The molecule has 0 saturated carbocycles. The van der Waals surface area contributed by atoms with Gasteiger partial charge in [0, 0.05) is 16.5 Å². The first-order valence-electron chi connectivity index (χ1n) is 8.19. The SMILES string of the molecule is NCCCCc1c(-c2c(Cl)cccc2Cl)[nH]c2ccc(C(F)(F)F)cc12. The Hall–Kier alpha value is -1.69. The van der Waals surface area contributed by atoms with E-state index in [2.05, 4.69) is 4.98 Å². The van der Waals surface area contributed by atoms with Gasteiger partial charge in [-0.3, -0.25) is 0 Å². The molecule has 0 spiro atoms. The molecule has 0 amide bonds. The van der Waals surface area contributed by atoms with Crippen molar-refractivity contribution in [2.45, 2.75) is 25.4 Å². The van der Waals surface area contributed by atoms with E-state index in [1.807, 2.05) is 0 Å². The van der Waals surface area contributed by atoms with Gasteiger partial charge in [0.25, 0.3) is 0 Å². The zero-order valence-electron chi connectivity index (χ0n) is 13.8. The lowest BCUT2D eigenvalue weighted by atomic mass is 9.99. The van der Waals surface area contributed by atoms with Crippen LogP contribution in [0.1, 0.15) is 24.0 Å². The van der Waals surface area contributed by atoms with E-state index in [0.29, 0.717) is 45.2 Å². The number of aryl methyl sites for hydroxylation is 1. The van der Waals surface area contributed by atoms with E-state index in [-0.39, 0.29) is 0 Å². The molecule has 138 valence electrons. The first-order valence-corrected chi connectivity index (χ1v) is 8.94. The summed E-state index contributed by atoms with van der Waals surface area (Å²) in [5, 5.41) is 1.42. The van der Waals surface area contributed by atoms with Crippen molar-refractivity contribution in [3.8, 4) is 11.3 Å². The third kappa shape index (κ3) is 3.70. The number of rotatable bonds is 5. The van der Waals surface area contributed by atoms with Gasteiger partial charge in [0.05, 0.1) is 21.3 Å². The van der Waals surface area contributed by atoms with Gasteiger partial charge < -0.3 is 10.7 Å². The van der Waals surface area contributed by atoms with Crippen molar-refractivity contribution in [1.82, 2.24) is 4.98 Å². The highest BCUT2D eigenvalue weighted by atomic mass is 35.5. The van der Waals surface area contributed by atoms with Crippen LogP contribution >= 0.6 is 23.2 Å². The number of aromatic nitrogens is 1. The fourth-order valence-electron chi connectivity index (χ4n) is 3.08. The molecule has 26 heavy (non-hydrogen) atoms. The number of halogens is 5. The van der Waals surface area contributed by atoms with Crippen molar-refractivity contribution in [3.05, 3.63) is 57.6 Å². The largest absolute Gasteiger partial charge is 0.416 e. The van der Waals surface area contributed by atoms with Crippen LogP contribution in [0, 0.1) is 0 Å². The summed E-state index contributed by atoms with van der Waals surface area (Å²) in [6, 6.07) is 8.84. The number of unbranched alkanes of at least 4 members (excludes halogenated alkanes) is 1. The lowest BCUT2D eigenvalue weighted by Gasteiger charge is -2.10. The van der Waals surface area contributed by atoms with Crippen LogP contribution in [0.3, 0.4) is 0 Å². The maximum atomic E-state index is 13.1. The van der Waals surface area contributed by atoms with Crippen molar-refractivity contribution in [2.75, 3.05) is 6.54 Å². The molecule has 2 nitrogen and oxygen atoms in total. The standard InChI is InChI=1S/C19H17Cl2F3N2/c20-14-5-3-6-15(21)17(14)18-12(4-1-2-9-25)13-10-11(19(22,23)24)7-8-16(13)26-18/h3,5-8,10,26H,1-2,4,9,25H2. The van der Waals surface area contributed by atoms with Gasteiger partial charge in [-0.05, 0) is 61.7 Å². The van der Waals surface area contributed by atoms with E-state index in [9.17, 15) is 13.2 Å². The monoisotopic (exact) mass is 400 g/mol. The molecule has 0 atom stereocenters. The van der Waals surface area contributed by atoms with Gasteiger partial charge in [0.2, 0.25) is 0 Å². The van der Waals surface area contributed by atoms with E-state index in [0.717, 1.165) is 24.5 Å². The lowest BCUT2D eigenvalue weighted by Crippen LogP contribution is -2.04. The Morgan fingerprint density at radius 1 is 1.00 bits per heavy atom. The Morgan fingerprint density at radius 3 is 2.31 bits per heavy atom. The molecule has 1 aromatic heterocycles. The molecular formula is C19H17Cl2F3N2. The molecule has 2 aromatic carbocycles. The lowest BCUT2D eigenvalue weighted by molar-refractivity contribution is -0.137. The van der Waals surface area contributed by atoms with Crippen LogP contribution in [0.4, 0.5) is 13.2 Å². The van der Waals surface area contributed by atoms with Crippen LogP contribution < -0.4 is 5.73 Å². The summed E-state index contributed by atoms with van der Waals surface area (Å²) in [4.78, 5) is 3.20. The van der Waals surface area contributed by atoms with E-state index in [1.54, 1.807) is 18.2 Å². The number of nitrogens with one attached hydrogen (secondary N) is 1. The smallest absolute Gasteiger partial charge is 0.354 e. The Morgan fingerprint density at radius 2 is 1.69 bits per heavy atom. The number of benzene rings is 2. The van der Waals surface area contributed by atoms with Crippen molar-refractivity contribution in [3.63, 3.8) is 0 Å². The highest BCUT2D eigenvalue weighted by Gasteiger charge is 2.31. The van der Waals surface area contributed by atoms with Crippen LogP contribution in [-0.2, 0) is 12.6 Å². The zero-order valence-corrected chi connectivity index (χ0v) is 15.3. The minimum absolute atomic E-state index is 0.445. The van der Waals surface area contributed by atoms with Crippen LogP contribution in [0.5, 0.6) is 0 Å². The number of nitrogens with two attached hydrogens (primary N) is 1. The molecule has 0 aliphatic heterocycles. The Kier molecular flexibility index (Phi) is 5.51. The number of alkyl halides is 3. The number of aromatic amines is 1. The molecule has 3 rings (SSSR count). The van der Waals surface area contributed by atoms with E-state index >= 15 is 0 Å². The minimum atomic E-state index is -4.40. The fourth-order valence-corrected chi connectivity index (χ4v) is 3.67. The third-order valence-corrected chi connectivity index (χ3v) is 4.96. The topological polar surface area (TPSA) is 41.8 Å². The highest BCUT2D eigenvalue weighted by Crippen LogP contribution is 2.41. The summed E-state index contributed by atoms with van der Waals surface area (Å²) in [5.41, 5.74) is 7.53. The Labute approximate surface area is 159 Å². The number of H-pyrrole nitrogens is 1.